The Morgan fingerprint density at radius 2 is 2.23 bits per heavy atom. The highest BCUT2D eigenvalue weighted by Crippen LogP contribution is 2.30. The molecule has 0 fully saturated rings. The van der Waals surface area contributed by atoms with Crippen molar-refractivity contribution in [3.05, 3.63) is 33.4 Å². The number of aromatic amines is 1. The molecule has 68 valence electrons. The van der Waals surface area contributed by atoms with Crippen molar-refractivity contribution in [1.29, 1.82) is 0 Å². The lowest BCUT2D eigenvalue weighted by Crippen LogP contribution is -1.79. The van der Waals surface area contributed by atoms with Gasteiger partial charge in [0.15, 0.2) is 0 Å². The molecule has 1 aromatic heterocycles. The first-order valence-corrected chi connectivity index (χ1v) is 4.96. The second-order valence-corrected chi connectivity index (χ2v) is 4.03. The van der Waals surface area contributed by atoms with Crippen LogP contribution in [0.4, 0.5) is 0 Å². The van der Waals surface area contributed by atoms with Gasteiger partial charge in [0.1, 0.15) is 0 Å². The fourth-order valence-electron chi connectivity index (χ4n) is 1.29. The molecule has 2 rings (SSSR count). The largest absolute Gasteiger partial charge is 0.390 e. The molecule has 13 heavy (non-hydrogen) atoms. The minimum Gasteiger partial charge on any atom is -0.390 e. The molecule has 0 saturated carbocycles. The van der Waals surface area contributed by atoms with Gasteiger partial charge in [-0.05, 0) is 34.1 Å². The standard InChI is InChI=1S/C9H7BrClNO/c10-7-1-2-8(11)6-3-5(4-13)12-9(6)7/h1-3,12-13H,4H2. The lowest BCUT2D eigenvalue weighted by atomic mass is 10.2. The zero-order chi connectivity index (χ0) is 9.42. The van der Waals surface area contributed by atoms with E-state index >= 15 is 0 Å². The molecule has 2 aromatic rings. The van der Waals surface area contributed by atoms with Gasteiger partial charge in [-0.2, -0.15) is 0 Å². The normalized spacial score (nSPS) is 11.0. The molecule has 0 saturated heterocycles. The van der Waals surface area contributed by atoms with E-state index in [9.17, 15) is 0 Å². The Balaban J connectivity index is 2.80. The second kappa shape index (κ2) is 3.33. The number of nitrogens with one attached hydrogen (secondary N) is 1. The zero-order valence-corrected chi connectivity index (χ0v) is 8.98. The van der Waals surface area contributed by atoms with Crippen LogP contribution in [0.15, 0.2) is 22.7 Å². The highest BCUT2D eigenvalue weighted by atomic mass is 79.9. The van der Waals surface area contributed by atoms with E-state index in [1.165, 1.54) is 0 Å². The van der Waals surface area contributed by atoms with Gasteiger partial charge in [-0.1, -0.05) is 11.6 Å². The van der Waals surface area contributed by atoms with Crippen LogP contribution in [0.2, 0.25) is 5.02 Å². The topological polar surface area (TPSA) is 36.0 Å². The summed E-state index contributed by atoms with van der Waals surface area (Å²) in [5.74, 6) is 0. The van der Waals surface area contributed by atoms with Crippen LogP contribution >= 0.6 is 27.5 Å². The Kier molecular flexibility index (Phi) is 2.32. The smallest absolute Gasteiger partial charge is 0.0831 e. The van der Waals surface area contributed by atoms with Crippen LogP contribution in [0, 0.1) is 0 Å². The fraction of sp³-hybridized carbons (Fsp3) is 0.111. The van der Waals surface area contributed by atoms with Crippen molar-refractivity contribution < 1.29 is 5.11 Å². The van der Waals surface area contributed by atoms with Gasteiger partial charge in [-0.25, -0.2) is 0 Å². The van der Waals surface area contributed by atoms with Crippen molar-refractivity contribution in [2.75, 3.05) is 0 Å². The van der Waals surface area contributed by atoms with Gasteiger partial charge < -0.3 is 10.1 Å². The van der Waals surface area contributed by atoms with Crippen LogP contribution in [0.3, 0.4) is 0 Å². The SMILES string of the molecule is OCc1cc2c(Cl)ccc(Br)c2[nH]1. The third-order valence-electron chi connectivity index (χ3n) is 1.92. The van der Waals surface area contributed by atoms with E-state index in [0.29, 0.717) is 5.02 Å². The Morgan fingerprint density at radius 3 is 2.85 bits per heavy atom. The van der Waals surface area contributed by atoms with Crippen molar-refractivity contribution >= 4 is 38.4 Å². The van der Waals surface area contributed by atoms with Crippen molar-refractivity contribution in [1.82, 2.24) is 4.98 Å². The first-order chi connectivity index (χ1) is 6.22. The average Bonchev–Trinajstić information content (AvgIpc) is 2.56. The minimum absolute atomic E-state index is 0.00253. The molecule has 0 aliphatic carbocycles. The average molecular weight is 261 g/mol. The minimum atomic E-state index is -0.00253. The van der Waals surface area contributed by atoms with Gasteiger partial charge in [-0.15, -0.1) is 0 Å². The van der Waals surface area contributed by atoms with Crippen LogP contribution in [0.25, 0.3) is 10.9 Å². The molecule has 1 heterocycles. The number of halogens is 2. The van der Waals surface area contributed by atoms with Crippen LogP contribution < -0.4 is 0 Å². The maximum Gasteiger partial charge on any atom is 0.0831 e. The summed E-state index contributed by atoms with van der Waals surface area (Å²) in [5.41, 5.74) is 1.69. The monoisotopic (exact) mass is 259 g/mol. The Labute approximate surface area is 88.7 Å². The molecule has 1 aromatic carbocycles. The summed E-state index contributed by atoms with van der Waals surface area (Å²) in [5, 5.41) is 10.6. The number of hydrogen-bond acceptors (Lipinski definition) is 1. The maximum absolute atomic E-state index is 8.93. The Bertz CT molecular complexity index is 413. The van der Waals surface area contributed by atoms with Gasteiger partial charge in [0.2, 0.25) is 0 Å². The van der Waals surface area contributed by atoms with Gasteiger partial charge in [0, 0.05) is 15.6 Å². The first kappa shape index (κ1) is 9.06. The van der Waals surface area contributed by atoms with Crippen LogP contribution in [-0.2, 0) is 6.61 Å². The lowest BCUT2D eigenvalue weighted by Gasteiger charge is -1.95. The molecular formula is C9H7BrClNO. The van der Waals surface area contributed by atoms with Crippen molar-refractivity contribution in [3.63, 3.8) is 0 Å². The number of fused-ring (bicyclic) bond motifs is 1. The maximum atomic E-state index is 8.93. The molecule has 0 bridgehead atoms. The third kappa shape index (κ3) is 1.47. The number of aromatic nitrogens is 1. The summed E-state index contributed by atoms with van der Waals surface area (Å²) in [6.07, 6.45) is 0. The number of aliphatic hydroxyl groups excluding tert-OH is 1. The predicted molar refractivity (Wildman–Crippen MR) is 56.9 cm³/mol. The number of hydrogen-bond donors (Lipinski definition) is 2. The number of benzene rings is 1. The van der Waals surface area contributed by atoms with Crippen molar-refractivity contribution in [2.24, 2.45) is 0 Å². The molecule has 0 unspecified atom stereocenters. The summed E-state index contributed by atoms with van der Waals surface area (Å²) in [4.78, 5) is 3.07. The van der Waals surface area contributed by atoms with Gasteiger partial charge in [-0.3, -0.25) is 0 Å². The van der Waals surface area contributed by atoms with Gasteiger partial charge in [0.25, 0.3) is 0 Å². The molecule has 2 N–H and O–H groups in total. The Hall–Kier alpha value is -0.510. The number of aliphatic hydroxyl groups is 1. The van der Waals surface area contributed by atoms with Crippen molar-refractivity contribution in [2.45, 2.75) is 6.61 Å². The fourth-order valence-corrected chi connectivity index (χ4v) is 1.95. The quantitative estimate of drug-likeness (QED) is 0.812. The third-order valence-corrected chi connectivity index (χ3v) is 2.91. The van der Waals surface area contributed by atoms with Crippen LogP contribution in [-0.4, -0.2) is 10.1 Å². The highest BCUT2D eigenvalue weighted by molar-refractivity contribution is 9.10. The van der Waals surface area contributed by atoms with E-state index in [0.717, 1.165) is 21.1 Å². The first-order valence-electron chi connectivity index (χ1n) is 3.79. The second-order valence-electron chi connectivity index (χ2n) is 2.77. The molecule has 0 spiro atoms. The summed E-state index contributed by atoms with van der Waals surface area (Å²) in [6, 6.07) is 5.55. The van der Waals surface area contributed by atoms with E-state index in [4.69, 9.17) is 16.7 Å². The van der Waals surface area contributed by atoms with Crippen molar-refractivity contribution in [3.8, 4) is 0 Å². The summed E-state index contributed by atoms with van der Waals surface area (Å²) >= 11 is 9.38. The van der Waals surface area contributed by atoms with E-state index < -0.39 is 0 Å². The van der Waals surface area contributed by atoms with E-state index in [1.54, 1.807) is 0 Å². The molecule has 0 radical (unpaired) electrons. The summed E-state index contributed by atoms with van der Waals surface area (Å²) in [7, 11) is 0. The summed E-state index contributed by atoms with van der Waals surface area (Å²) < 4.78 is 0.951. The molecule has 2 nitrogen and oxygen atoms in total. The zero-order valence-electron chi connectivity index (χ0n) is 6.64. The van der Waals surface area contributed by atoms with Crippen LogP contribution in [0.5, 0.6) is 0 Å². The molecule has 4 heteroatoms. The lowest BCUT2D eigenvalue weighted by molar-refractivity contribution is 0.278. The Morgan fingerprint density at radius 1 is 1.46 bits per heavy atom. The molecule has 0 aliphatic heterocycles. The predicted octanol–water partition coefficient (Wildman–Crippen LogP) is 3.08. The molecule has 0 amide bonds. The van der Waals surface area contributed by atoms with Crippen LogP contribution in [0.1, 0.15) is 5.69 Å². The molecular weight excluding hydrogens is 253 g/mol. The highest BCUT2D eigenvalue weighted by Gasteiger charge is 2.06. The van der Waals surface area contributed by atoms with E-state index in [1.807, 2.05) is 18.2 Å². The van der Waals surface area contributed by atoms with Gasteiger partial charge >= 0.3 is 0 Å². The number of H-pyrrole nitrogens is 1. The van der Waals surface area contributed by atoms with Gasteiger partial charge in [0.05, 0.1) is 17.1 Å². The summed E-state index contributed by atoms with van der Waals surface area (Å²) in [6.45, 7) is -0.00253. The van der Waals surface area contributed by atoms with E-state index in [2.05, 4.69) is 20.9 Å². The number of rotatable bonds is 1. The molecule has 0 atom stereocenters. The molecule has 0 aliphatic rings. The van der Waals surface area contributed by atoms with E-state index in [-0.39, 0.29) is 6.61 Å².